The molecule has 7 heteroatoms. The molecule has 0 unspecified atom stereocenters. The number of ether oxygens (including phenoxy) is 1. The van der Waals surface area contributed by atoms with Gasteiger partial charge in [-0.3, -0.25) is 5.10 Å². The minimum Gasteiger partial charge on any atom is -0.460 e. The summed E-state index contributed by atoms with van der Waals surface area (Å²) in [6.07, 6.45) is 0. The highest BCUT2D eigenvalue weighted by Gasteiger charge is 2.17. The minimum atomic E-state index is -1.06. The lowest BCUT2D eigenvalue weighted by Crippen LogP contribution is -2.06. The Kier molecular flexibility index (Phi) is 3.31. The van der Waals surface area contributed by atoms with Crippen molar-refractivity contribution in [2.45, 2.75) is 6.92 Å². The van der Waals surface area contributed by atoms with E-state index in [9.17, 15) is 13.6 Å². The monoisotopic (exact) mass is 253 g/mol. The number of aromatic nitrogens is 3. The molecule has 0 saturated heterocycles. The zero-order valence-electron chi connectivity index (χ0n) is 9.41. The molecule has 0 saturated carbocycles. The Morgan fingerprint density at radius 2 is 2.22 bits per heavy atom. The van der Waals surface area contributed by atoms with Crippen molar-refractivity contribution in [2.75, 3.05) is 6.61 Å². The first-order chi connectivity index (χ1) is 8.63. The molecule has 0 radical (unpaired) electrons. The molecule has 0 aliphatic rings. The number of aromatic amines is 1. The molecule has 94 valence electrons. The van der Waals surface area contributed by atoms with Gasteiger partial charge in [0.25, 0.3) is 0 Å². The van der Waals surface area contributed by atoms with Crippen molar-refractivity contribution in [3.63, 3.8) is 0 Å². The van der Waals surface area contributed by atoms with Gasteiger partial charge >= 0.3 is 5.97 Å². The molecule has 0 fully saturated rings. The molecule has 1 N–H and O–H groups in total. The van der Waals surface area contributed by atoms with Crippen LogP contribution in [0.3, 0.4) is 0 Å². The standard InChI is InChI=1S/C11H9F2N3O2/c1-2-18-11(17)10-14-9(15-16-10)6-4-3-5-7(12)8(6)13/h3-5H,2H2,1H3,(H,14,15,16). The number of carbonyl (C=O) groups excluding carboxylic acids is 1. The van der Waals surface area contributed by atoms with Gasteiger partial charge in [-0.15, -0.1) is 0 Å². The zero-order valence-corrected chi connectivity index (χ0v) is 9.41. The highest BCUT2D eigenvalue weighted by Crippen LogP contribution is 2.20. The van der Waals surface area contributed by atoms with Crippen LogP contribution in [0.4, 0.5) is 8.78 Å². The first-order valence-electron chi connectivity index (χ1n) is 5.17. The summed E-state index contributed by atoms with van der Waals surface area (Å²) in [5.74, 6) is -3.03. The molecule has 1 heterocycles. The van der Waals surface area contributed by atoms with E-state index < -0.39 is 17.6 Å². The molecule has 18 heavy (non-hydrogen) atoms. The van der Waals surface area contributed by atoms with Crippen molar-refractivity contribution in [1.29, 1.82) is 0 Å². The second-order valence-electron chi connectivity index (χ2n) is 3.33. The van der Waals surface area contributed by atoms with E-state index in [-0.39, 0.29) is 23.8 Å². The molecule has 5 nitrogen and oxygen atoms in total. The average Bonchev–Trinajstić information content (AvgIpc) is 2.82. The second kappa shape index (κ2) is 4.91. The number of rotatable bonds is 3. The van der Waals surface area contributed by atoms with E-state index >= 15 is 0 Å². The third-order valence-electron chi connectivity index (χ3n) is 2.15. The normalized spacial score (nSPS) is 10.4. The fraction of sp³-hybridized carbons (Fsp3) is 0.182. The van der Waals surface area contributed by atoms with Crippen LogP contribution in [-0.4, -0.2) is 27.8 Å². The first-order valence-corrected chi connectivity index (χ1v) is 5.17. The number of benzene rings is 1. The number of hydrogen-bond acceptors (Lipinski definition) is 4. The average molecular weight is 253 g/mol. The third-order valence-corrected chi connectivity index (χ3v) is 2.15. The van der Waals surface area contributed by atoms with Crippen LogP contribution in [0, 0.1) is 11.6 Å². The number of nitrogens with zero attached hydrogens (tertiary/aromatic N) is 2. The molecule has 0 bridgehead atoms. The Balaban J connectivity index is 2.35. The molecule has 1 aromatic heterocycles. The predicted octanol–water partition coefficient (Wildman–Crippen LogP) is 1.93. The van der Waals surface area contributed by atoms with Crippen LogP contribution in [-0.2, 0) is 4.74 Å². The zero-order chi connectivity index (χ0) is 13.1. The van der Waals surface area contributed by atoms with Crippen molar-refractivity contribution in [3.8, 4) is 11.4 Å². The maximum absolute atomic E-state index is 13.5. The van der Waals surface area contributed by atoms with Crippen molar-refractivity contribution < 1.29 is 18.3 Å². The summed E-state index contributed by atoms with van der Waals surface area (Å²) in [4.78, 5) is 15.1. The van der Waals surface area contributed by atoms with Gasteiger partial charge in [-0.2, -0.15) is 5.10 Å². The summed E-state index contributed by atoms with van der Waals surface area (Å²) < 4.78 is 31.2. The summed E-state index contributed by atoms with van der Waals surface area (Å²) in [7, 11) is 0. The molecule has 2 aromatic rings. The lowest BCUT2D eigenvalue weighted by atomic mass is 10.2. The SMILES string of the molecule is CCOC(=O)c1nc(-c2cccc(F)c2F)n[nH]1. The summed E-state index contributed by atoms with van der Waals surface area (Å²) in [5.41, 5.74) is -0.123. The highest BCUT2D eigenvalue weighted by atomic mass is 19.2. The topological polar surface area (TPSA) is 67.9 Å². The van der Waals surface area contributed by atoms with E-state index in [1.165, 1.54) is 12.1 Å². The Morgan fingerprint density at radius 3 is 2.94 bits per heavy atom. The maximum Gasteiger partial charge on any atom is 0.375 e. The molecule has 0 amide bonds. The van der Waals surface area contributed by atoms with E-state index in [0.717, 1.165) is 6.07 Å². The van der Waals surface area contributed by atoms with E-state index in [1.54, 1.807) is 6.92 Å². The first kappa shape index (κ1) is 12.2. The molecule has 0 spiro atoms. The smallest absolute Gasteiger partial charge is 0.375 e. The Hall–Kier alpha value is -2.31. The van der Waals surface area contributed by atoms with E-state index in [0.29, 0.717) is 0 Å². The second-order valence-corrected chi connectivity index (χ2v) is 3.33. The fourth-order valence-corrected chi connectivity index (χ4v) is 1.35. The van der Waals surface area contributed by atoms with Crippen LogP contribution in [0.25, 0.3) is 11.4 Å². The summed E-state index contributed by atoms with van der Waals surface area (Å²) in [5, 5.41) is 5.96. The summed E-state index contributed by atoms with van der Waals surface area (Å²) in [6, 6.07) is 3.63. The van der Waals surface area contributed by atoms with Crippen molar-refractivity contribution in [3.05, 3.63) is 35.7 Å². The van der Waals surface area contributed by atoms with Crippen LogP contribution < -0.4 is 0 Å². The van der Waals surface area contributed by atoms with Crippen LogP contribution >= 0.6 is 0 Å². The minimum absolute atomic E-state index is 0.102. The number of nitrogens with one attached hydrogen (secondary N) is 1. The van der Waals surface area contributed by atoms with Crippen molar-refractivity contribution >= 4 is 5.97 Å². The quantitative estimate of drug-likeness (QED) is 0.848. The van der Waals surface area contributed by atoms with Gasteiger partial charge < -0.3 is 4.74 Å². The number of H-pyrrole nitrogens is 1. The molecule has 1 aromatic carbocycles. The Bertz CT molecular complexity index is 583. The molecule has 0 aliphatic heterocycles. The Labute approximate surface area is 101 Å². The van der Waals surface area contributed by atoms with E-state index in [4.69, 9.17) is 4.74 Å². The number of halogens is 2. The van der Waals surface area contributed by atoms with Gasteiger partial charge in [0.2, 0.25) is 5.82 Å². The Morgan fingerprint density at radius 1 is 1.44 bits per heavy atom. The largest absolute Gasteiger partial charge is 0.460 e. The highest BCUT2D eigenvalue weighted by molar-refractivity contribution is 5.85. The van der Waals surface area contributed by atoms with Gasteiger partial charge in [-0.1, -0.05) is 6.07 Å². The molecule has 0 aliphatic carbocycles. The van der Waals surface area contributed by atoms with Gasteiger partial charge in [0.05, 0.1) is 12.2 Å². The molecular formula is C11H9F2N3O2. The summed E-state index contributed by atoms with van der Waals surface area (Å²) in [6.45, 7) is 1.82. The predicted molar refractivity (Wildman–Crippen MR) is 57.7 cm³/mol. The number of esters is 1. The van der Waals surface area contributed by atoms with E-state index in [1.807, 2.05) is 0 Å². The van der Waals surface area contributed by atoms with Crippen LogP contribution in [0.5, 0.6) is 0 Å². The molecular weight excluding hydrogens is 244 g/mol. The molecule has 0 atom stereocenters. The lowest BCUT2D eigenvalue weighted by molar-refractivity contribution is 0.0512. The van der Waals surface area contributed by atoms with E-state index in [2.05, 4.69) is 15.2 Å². The van der Waals surface area contributed by atoms with Crippen LogP contribution in [0.2, 0.25) is 0 Å². The van der Waals surface area contributed by atoms with Crippen molar-refractivity contribution in [1.82, 2.24) is 15.2 Å². The van der Waals surface area contributed by atoms with Gasteiger partial charge in [0.15, 0.2) is 17.5 Å². The summed E-state index contributed by atoms with van der Waals surface area (Å²) >= 11 is 0. The lowest BCUT2D eigenvalue weighted by Gasteiger charge is -1.98. The van der Waals surface area contributed by atoms with Crippen LogP contribution in [0.1, 0.15) is 17.5 Å². The molecule has 2 rings (SSSR count). The fourth-order valence-electron chi connectivity index (χ4n) is 1.35. The van der Waals surface area contributed by atoms with Gasteiger partial charge in [0.1, 0.15) is 0 Å². The van der Waals surface area contributed by atoms with Crippen molar-refractivity contribution in [2.24, 2.45) is 0 Å². The van der Waals surface area contributed by atoms with Gasteiger partial charge in [-0.25, -0.2) is 18.6 Å². The number of carbonyl (C=O) groups is 1. The maximum atomic E-state index is 13.5. The van der Waals surface area contributed by atoms with Crippen LogP contribution in [0.15, 0.2) is 18.2 Å². The number of hydrogen-bond donors (Lipinski definition) is 1. The van der Waals surface area contributed by atoms with Gasteiger partial charge in [-0.05, 0) is 19.1 Å². The third kappa shape index (κ3) is 2.20. The van der Waals surface area contributed by atoms with Gasteiger partial charge in [0, 0.05) is 0 Å².